The minimum Gasteiger partial charge on any atom is -0.346 e. The molecule has 1 amide bonds. The van der Waals surface area contributed by atoms with Crippen molar-refractivity contribution in [2.45, 2.75) is 13.8 Å². The van der Waals surface area contributed by atoms with Crippen LogP contribution in [0.3, 0.4) is 0 Å². The summed E-state index contributed by atoms with van der Waals surface area (Å²) in [5.41, 5.74) is 3.32. The second-order valence-corrected chi connectivity index (χ2v) is 6.37. The molecule has 4 rings (SSSR count). The molecular formula is C22H24N4O2. The van der Waals surface area contributed by atoms with Crippen LogP contribution in [0.25, 0.3) is 27.8 Å². The maximum absolute atomic E-state index is 12.5. The molecule has 28 heavy (non-hydrogen) atoms. The smallest absolute Gasteiger partial charge is 0.334 e. The van der Waals surface area contributed by atoms with Crippen LogP contribution < -0.4 is 5.69 Å². The number of carbonyl (C=O) groups excluding carboxylic acids is 1. The maximum Gasteiger partial charge on any atom is 0.334 e. The summed E-state index contributed by atoms with van der Waals surface area (Å²) in [6.07, 6.45) is 2.67. The van der Waals surface area contributed by atoms with Crippen LogP contribution in [-0.2, 0) is 11.8 Å². The van der Waals surface area contributed by atoms with Crippen LogP contribution in [0.15, 0.2) is 65.6 Å². The molecule has 0 aliphatic carbocycles. The van der Waals surface area contributed by atoms with Crippen LogP contribution in [0, 0.1) is 0 Å². The van der Waals surface area contributed by atoms with Crippen LogP contribution in [-0.4, -0.2) is 38.4 Å². The lowest BCUT2D eigenvalue weighted by molar-refractivity contribution is -0.117. The van der Waals surface area contributed by atoms with Gasteiger partial charge in [-0.25, -0.2) is 9.78 Å². The van der Waals surface area contributed by atoms with Crippen molar-refractivity contribution in [3.05, 3.63) is 71.3 Å². The fourth-order valence-electron chi connectivity index (χ4n) is 3.06. The highest BCUT2D eigenvalue weighted by atomic mass is 16.1. The van der Waals surface area contributed by atoms with E-state index in [0.29, 0.717) is 5.65 Å². The first-order chi connectivity index (χ1) is 13.6. The predicted molar refractivity (Wildman–Crippen MR) is 112 cm³/mol. The number of hydrogen-bond acceptors (Lipinski definition) is 3. The quantitative estimate of drug-likeness (QED) is 0.513. The molecule has 6 nitrogen and oxygen atoms in total. The van der Waals surface area contributed by atoms with E-state index in [2.05, 4.69) is 4.98 Å². The minimum absolute atomic E-state index is 0.0848. The van der Waals surface area contributed by atoms with Gasteiger partial charge < -0.3 is 4.90 Å². The Morgan fingerprint density at radius 3 is 2.25 bits per heavy atom. The molecule has 144 valence electrons. The maximum atomic E-state index is 12.5. The van der Waals surface area contributed by atoms with Crippen molar-refractivity contribution >= 4 is 23.0 Å². The van der Waals surface area contributed by atoms with Crippen LogP contribution in [0.5, 0.6) is 0 Å². The molecule has 0 saturated heterocycles. The molecular weight excluding hydrogens is 352 g/mol. The van der Waals surface area contributed by atoms with E-state index >= 15 is 0 Å². The summed E-state index contributed by atoms with van der Waals surface area (Å²) in [6, 6.07) is 17.7. The van der Waals surface area contributed by atoms with E-state index < -0.39 is 0 Å². The minimum atomic E-state index is -0.0848. The molecule has 0 aliphatic heterocycles. The number of nitrogens with zero attached hydrogens (tertiary/aromatic N) is 4. The van der Waals surface area contributed by atoms with Gasteiger partial charge in [-0.2, -0.15) is 0 Å². The summed E-state index contributed by atoms with van der Waals surface area (Å²) in [7, 11) is 1.78. The van der Waals surface area contributed by atoms with Crippen LogP contribution in [0.1, 0.15) is 13.8 Å². The largest absolute Gasteiger partial charge is 0.346 e. The number of benzene rings is 2. The van der Waals surface area contributed by atoms with Crippen molar-refractivity contribution < 1.29 is 4.79 Å². The van der Waals surface area contributed by atoms with E-state index in [1.165, 1.54) is 0 Å². The summed E-state index contributed by atoms with van der Waals surface area (Å²) < 4.78 is 3.27. The number of carbonyl (C=O) groups is 1. The van der Waals surface area contributed by atoms with Crippen molar-refractivity contribution in [1.82, 2.24) is 18.9 Å². The highest BCUT2D eigenvalue weighted by Crippen LogP contribution is 2.22. The number of para-hydroxylation sites is 1. The summed E-state index contributed by atoms with van der Waals surface area (Å²) in [5.74, 6) is 0. The van der Waals surface area contributed by atoms with Gasteiger partial charge in [0.15, 0.2) is 5.65 Å². The lowest BCUT2D eigenvalue weighted by atomic mass is 10.2. The van der Waals surface area contributed by atoms with Crippen molar-refractivity contribution in [2.24, 2.45) is 7.05 Å². The van der Waals surface area contributed by atoms with Crippen LogP contribution in [0.2, 0.25) is 0 Å². The van der Waals surface area contributed by atoms with E-state index in [1.807, 2.05) is 68.4 Å². The number of hydrogen-bond donors (Lipinski definition) is 0. The van der Waals surface area contributed by atoms with Gasteiger partial charge in [0.25, 0.3) is 0 Å². The van der Waals surface area contributed by atoms with Gasteiger partial charge in [-0.3, -0.25) is 13.8 Å². The van der Waals surface area contributed by atoms with Crippen molar-refractivity contribution in [3.63, 3.8) is 0 Å². The van der Waals surface area contributed by atoms with Gasteiger partial charge in [-0.1, -0.05) is 42.5 Å². The Labute approximate surface area is 163 Å². The Morgan fingerprint density at radius 1 is 1.00 bits per heavy atom. The third-order valence-corrected chi connectivity index (χ3v) is 4.74. The fraction of sp³-hybridized carbons (Fsp3) is 0.227. The van der Waals surface area contributed by atoms with Crippen molar-refractivity contribution in [2.75, 3.05) is 13.1 Å². The first-order valence-electron chi connectivity index (χ1n) is 9.32. The van der Waals surface area contributed by atoms with E-state index in [1.54, 1.807) is 27.1 Å². The molecule has 2 heterocycles. The molecule has 0 atom stereocenters. The fourth-order valence-corrected chi connectivity index (χ4v) is 3.06. The summed E-state index contributed by atoms with van der Waals surface area (Å²) in [4.78, 5) is 28.7. The van der Waals surface area contributed by atoms with E-state index in [0.717, 1.165) is 41.7 Å². The molecule has 2 aromatic heterocycles. The molecule has 0 N–H and O–H groups in total. The molecule has 0 saturated carbocycles. The second kappa shape index (κ2) is 8.52. The SMILES string of the molecule is CCN(C=O)CC.Cn1c(=O)n2cc(-c3ccccc3)nc2c2ccccc21. The van der Waals surface area contributed by atoms with Crippen LogP contribution in [0.4, 0.5) is 0 Å². The highest BCUT2D eigenvalue weighted by Gasteiger charge is 2.12. The van der Waals surface area contributed by atoms with Gasteiger partial charge in [0.05, 0.1) is 11.2 Å². The van der Waals surface area contributed by atoms with E-state index in [9.17, 15) is 9.59 Å². The lowest BCUT2D eigenvalue weighted by Gasteiger charge is -2.08. The number of amides is 1. The Balaban J connectivity index is 0.000000279. The average molecular weight is 376 g/mol. The first-order valence-corrected chi connectivity index (χ1v) is 9.32. The van der Waals surface area contributed by atoms with Gasteiger partial charge in [0.2, 0.25) is 6.41 Å². The standard InChI is InChI=1S/C17H13N3O.C5H11NO/c1-19-15-10-6-5-9-13(15)16-18-14(11-20(16)17(19)21)12-7-3-2-4-8-12;1-3-6(4-2)5-7/h2-11H,1H3;5H,3-4H2,1-2H3. The predicted octanol–water partition coefficient (Wildman–Crippen LogP) is 3.34. The van der Waals surface area contributed by atoms with Gasteiger partial charge in [0.1, 0.15) is 0 Å². The Bertz CT molecular complexity index is 1140. The average Bonchev–Trinajstić information content (AvgIpc) is 3.20. The number of aryl methyl sites for hydroxylation is 1. The number of rotatable bonds is 4. The third kappa shape index (κ3) is 3.67. The van der Waals surface area contributed by atoms with Gasteiger partial charge >= 0.3 is 5.69 Å². The number of imidazole rings is 1. The molecule has 0 bridgehead atoms. The zero-order valence-corrected chi connectivity index (χ0v) is 16.4. The molecule has 6 heteroatoms. The molecule has 0 fully saturated rings. The molecule has 4 aromatic rings. The summed E-state index contributed by atoms with van der Waals surface area (Å²) in [5, 5.41) is 0.974. The zero-order valence-electron chi connectivity index (χ0n) is 16.4. The topological polar surface area (TPSA) is 59.6 Å². The van der Waals surface area contributed by atoms with Crippen molar-refractivity contribution in [1.29, 1.82) is 0 Å². The zero-order chi connectivity index (χ0) is 20.1. The monoisotopic (exact) mass is 376 g/mol. The lowest BCUT2D eigenvalue weighted by Crippen LogP contribution is -2.23. The van der Waals surface area contributed by atoms with Crippen molar-refractivity contribution in [3.8, 4) is 11.3 Å². The molecule has 0 radical (unpaired) electrons. The Hall–Kier alpha value is -3.41. The third-order valence-electron chi connectivity index (χ3n) is 4.74. The molecule has 0 spiro atoms. The normalized spacial score (nSPS) is 10.5. The molecule has 2 aromatic carbocycles. The Kier molecular flexibility index (Phi) is 5.89. The second-order valence-electron chi connectivity index (χ2n) is 6.37. The first kappa shape index (κ1) is 19.4. The van der Waals surface area contributed by atoms with Gasteiger partial charge in [-0.15, -0.1) is 0 Å². The van der Waals surface area contributed by atoms with E-state index in [4.69, 9.17) is 0 Å². The Morgan fingerprint density at radius 2 is 1.64 bits per heavy atom. The number of aromatic nitrogens is 3. The van der Waals surface area contributed by atoms with E-state index in [-0.39, 0.29) is 5.69 Å². The number of fused-ring (bicyclic) bond motifs is 3. The highest BCUT2D eigenvalue weighted by molar-refractivity contribution is 5.92. The van der Waals surface area contributed by atoms with Gasteiger partial charge in [-0.05, 0) is 26.0 Å². The van der Waals surface area contributed by atoms with Gasteiger partial charge in [0, 0.05) is 37.3 Å². The molecule has 0 unspecified atom stereocenters. The summed E-state index contributed by atoms with van der Waals surface area (Å²) >= 11 is 0. The van der Waals surface area contributed by atoms with Crippen LogP contribution >= 0.6 is 0 Å². The summed E-state index contributed by atoms with van der Waals surface area (Å²) in [6.45, 7) is 5.55. The molecule has 0 aliphatic rings.